The molecule has 2 N–H and O–H groups in total. The van der Waals surface area contributed by atoms with Gasteiger partial charge in [0.15, 0.2) is 0 Å². The first-order valence-electron chi connectivity index (χ1n) is 6.22. The van der Waals surface area contributed by atoms with Crippen LogP contribution in [-0.2, 0) is 5.41 Å². The molecule has 0 atom stereocenters. The summed E-state index contributed by atoms with van der Waals surface area (Å²) in [6.45, 7) is 0. The molecule has 0 aromatic heterocycles. The Balaban J connectivity index is 0.00000288. The van der Waals surface area contributed by atoms with Crippen LogP contribution < -0.4 is 0 Å². The van der Waals surface area contributed by atoms with Crippen LogP contribution in [0.1, 0.15) is 11.1 Å². The Bertz CT molecular complexity index is 616. The molecule has 0 aliphatic rings. The van der Waals surface area contributed by atoms with E-state index in [1.54, 1.807) is 0 Å². The Morgan fingerprint density at radius 3 is 1.00 bits per heavy atom. The molecule has 2 rings (SSSR count). The Hall–Kier alpha value is -0.744. The molecule has 0 aliphatic heterocycles. The fourth-order valence-corrected chi connectivity index (χ4v) is 2.40. The molecule has 0 bridgehead atoms. The number of alkyl halides is 6. The van der Waals surface area contributed by atoms with E-state index in [2.05, 4.69) is 0 Å². The largest absolute Gasteiger partial charge is 0.508 e. The van der Waals surface area contributed by atoms with Crippen molar-refractivity contribution in [3.63, 3.8) is 0 Å². The smallest absolute Gasteiger partial charge is 0.411 e. The Morgan fingerprint density at radius 1 is 0.542 bits per heavy atom. The summed E-state index contributed by atoms with van der Waals surface area (Å²) in [6, 6.07) is 5.30. The van der Waals surface area contributed by atoms with Gasteiger partial charge in [0.1, 0.15) is 11.5 Å². The minimum atomic E-state index is -5.70. The van der Waals surface area contributed by atoms with E-state index in [9.17, 15) is 26.3 Å². The topological polar surface area (TPSA) is 40.5 Å². The Labute approximate surface area is 175 Å². The van der Waals surface area contributed by atoms with Crippen LogP contribution in [0.15, 0.2) is 48.5 Å². The molecule has 0 saturated heterocycles. The second-order valence-corrected chi connectivity index (χ2v) is 4.84. The van der Waals surface area contributed by atoms with Crippen LogP contribution in [0.5, 0.6) is 11.5 Å². The van der Waals surface area contributed by atoms with Crippen molar-refractivity contribution in [1.82, 2.24) is 0 Å². The molecule has 125 valence electrons. The molecule has 0 fully saturated rings. The third kappa shape index (κ3) is 3.59. The van der Waals surface area contributed by atoms with Crippen molar-refractivity contribution in [3.05, 3.63) is 59.7 Å². The molecule has 0 amide bonds. The minimum Gasteiger partial charge on any atom is -0.508 e. The third-order valence-corrected chi connectivity index (χ3v) is 3.45. The number of benzene rings is 2. The van der Waals surface area contributed by atoms with Gasteiger partial charge in [-0.2, -0.15) is 26.3 Å². The van der Waals surface area contributed by atoms with E-state index in [0.717, 1.165) is 24.3 Å². The van der Waals surface area contributed by atoms with Crippen LogP contribution in [0.2, 0.25) is 0 Å². The quantitative estimate of drug-likeness (QED) is 0.612. The molecular weight excluding hydrogens is 365 g/mol. The van der Waals surface area contributed by atoms with Crippen molar-refractivity contribution < 1.29 is 36.6 Å². The molecule has 24 heavy (non-hydrogen) atoms. The predicted molar refractivity (Wildman–Crippen MR) is 74.9 cm³/mol. The molecule has 1 radical (unpaired) electrons. The molecular formula is C15H10F6KO2. The second kappa shape index (κ2) is 7.24. The molecule has 0 heterocycles. The molecule has 2 aromatic carbocycles. The summed E-state index contributed by atoms with van der Waals surface area (Å²) in [5.41, 5.74) is -6.44. The van der Waals surface area contributed by atoms with E-state index in [-0.39, 0.29) is 51.4 Å². The number of hydrogen-bond donors (Lipinski definition) is 2. The maximum absolute atomic E-state index is 13.6. The number of rotatable bonds is 2. The van der Waals surface area contributed by atoms with Crippen LogP contribution in [0.25, 0.3) is 0 Å². The van der Waals surface area contributed by atoms with Gasteiger partial charge in [-0.25, -0.2) is 0 Å². The summed E-state index contributed by atoms with van der Waals surface area (Å²) in [4.78, 5) is 0. The van der Waals surface area contributed by atoms with Gasteiger partial charge in [-0.1, -0.05) is 24.3 Å². The van der Waals surface area contributed by atoms with E-state index in [1.807, 2.05) is 0 Å². The monoisotopic (exact) mass is 375 g/mol. The normalized spacial score (nSPS) is 12.6. The Kier molecular flexibility index (Phi) is 6.43. The summed E-state index contributed by atoms with van der Waals surface area (Å²) in [6.07, 6.45) is -11.4. The molecule has 0 unspecified atom stereocenters. The van der Waals surface area contributed by atoms with Gasteiger partial charge < -0.3 is 10.2 Å². The summed E-state index contributed by atoms with van der Waals surface area (Å²) >= 11 is 0. The first-order valence-corrected chi connectivity index (χ1v) is 6.22. The van der Waals surface area contributed by atoms with Crippen LogP contribution in [0, 0.1) is 0 Å². The summed E-state index contributed by atoms with van der Waals surface area (Å²) in [7, 11) is 0. The van der Waals surface area contributed by atoms with Gasteiger partial charge in [-0.15, -0.1) is 0 Å². The number of aromatic hydroxyl groups is 2. The fraction of sp³-hybridized carbons (Fsp3) is 0.200. The Morgan fingerprint density at radius 2 is 0.792 bits per heavy atom. The predicted octanol–water partition coefficient (Wildman–Crippen LogP) is 4.13. The van der Waals surface area contributed by atoms with Crippen molar-refractivity contribution in [2.75, 3.05) is 0 Å². The van der Waals surface area contributed by atoms with Crippen LogP contribution >= 0.6 is 0 Å². The summed E-state index contributed by atoms with van der Waals surface area (Å²) in [5, 5.41) is 18.3. The maximum atomic E-state index is 13.6. The fourth-order valence-electron chi connectivity index (χ4n) is 2.40. The van der Waals surface area contributed by atoms with Crippen LogP contribution in [0.4, 0.5) is 26.3 Å². The van der Waals surface area contributed by atoms with E-state index in [1.165, 1.54) is 0 Å². The van der Waals surface area contributed by atoms with Crippen molar-refractivity contribution in [3.8, 4) is 11.5 Å². The summed E-state index contributed by atoms with van der Waals surface area (Å²) < 4.78 is 81.6. The van der Waals surface area contributed by atoms with Crippen molar-refractivity contribution in [2.24, 2.45) is 0 Å². The van der Waals surface area contributed by atoms with Gasteiger partial charge in [-0.3, -0.25) is 0 Å². The van der Waals surface area contributed by atoms with E-state index in [4.69, 9.17) is 10.2 Å². The minimum absolute atomic E-state index is 0. The van der Waals surface area contributed by atoms with Gasteiger partial charge in [0.25, 0.3) is 0 Å². The van der Waals surface area contributed by atoms with Gasteiger partial charge in [-0.05, 0) is 35.4 Å². The number of halogens is 6. The van der Waals surface area contributed by atoms with Gasteiger partial charge >= 0.3 is 12.4 Å². The maximum Gasteiger partial charge on any atom is 0.411 e. The standard InChI is InChI=1S/C15H10F6O2.K/c16-14(17,18)13(15(19,20)21,9-1-5-11(22)6-2-9)10-3-7-12(23)8-4-10;/h1-8,22-23H;. The van der Waals surface area contributed by atoms with E-state index in [0.29, 0.717) is 24.3 Å². The van der Waals surface area contributed by atoms with Crippen LogP contribution in [-0.4, -0.2) is 74.0 Å². The zero-order chi connectivity index (χ0) is 17.5. The first-order chi connectivity index (χ1) is 10.5. The second-order valence-electron chi connectivity index (χ2n) is 4.84. The third-order valence-electron chi connectivity index (χ3n) is 3.45. The van der Waals surface area contributed by atoms with Crippen molar-refractivity contribution in [2.45, 2.75) is 17.8 Å². The molecule has 2 nitrogen and oxygen atoms in total. The molecule has 2 aromatic rings. The zero-order valence-electron chi connectivity index (χ0n) is 12.3. The molecule has 0 saturated carbocycles. The number of hydrogen-bond acceptors (Lipinski definition) is 2. The average Bonchev–Trinajstić information content (AvgIpc) is 2.40. The zero-order valence-corrected chi connectivity index (χ0v) is 15.4. The van der Waals surface area contributed by atoms with E-state index >= 15 is 0 Å². The summed E-state index contributed by atoms with van der Waals surface area (Å²) in [5.74, 6) is -0.921. The van der Waals surface area contributed by atoms with Gasteiger partial charge in [0, 0.05) is 51.4 Å². The van der Waals surface area contributed by atoms with Gasteiger partial charge in [0.2, 0.25) is 5.41 Å². The SMILES string of the molecule is Oc1ccc(C(c2ccc(O)cc2)(C(F)(F)F)C(F)(F)F)cc1.[K]. The molecule has 9 heteroatoms. The average molecular weight is 375 g/mol. The van der Waals surface area contributed by atoms with Crippen molar-refractivity contribution in [1.29, 1.82) is 0 Å². The molecule has 0 spiro atoms. The molecule has 0 aliphatic carbocycles. The van der Waals surface area contributed by atoms with Crippen molar-refractivity contribution >= 4 is 51.4 Å². The van der Waals surface area contributed by atoms with E-state index < -0.39 is 40.4 Å². The first kappa shape index (κ1) is 21.3. The number of phenolic OH excluding ortho intramolecular Hbond substituents is 2. The number of phenols is 2. The van der Waals surface area contributed by atoms with Gasteiger partial charge in [0.05, 0.1) is 0 Å². The van der Waals surface area contributed by atoms with Crippen LogP contribution in [0.3, 0.4) is 0 Å².